The van der Waals surface area contributed by atoms with Crippen molar-refractivity contribution in [1.82, 2.24) is 5.43 Å². The van der Waals surface area contributed by atoms with Crippen LogP contribution in [0.5, 0.6) is 11.5 Å². The van der Waals surface area contributed by atoms with E-state index in [-0.39, 0.29) is 0 Å². The molecule has 0 aliphatic heterocycles. The molecule has 3 aromatic rings. The number of hydrogen-bond acceptors (Lipinski definition) is 4. The summed E-state index contributed by atoms with van der Waals surface area (Å²) in [4.78, 5) is 11.9. The molecule has 0 heterocycles. The number of para-hydroxylation sites is 2. The van der Waals surface area contributed by atoms with Crippen molar-refractivity contribution in [3.05, 3.63) is 89.5 Å². The van der Waals surface area contributed by atoms with Crippen LogP contribution in [-0.4, -0.2) is 25.5 Å². The minimum atomic E-state index is -0.413. The van der Waals surface area contributed by atoms with Gasteiger partial charge in [0.2, 0.25) is 0 Å². The van der Waals surface area contributed by atoms with E-state index in [1.54, 1.807) is 18.3 Å². The number of urea groups is 1. The average molecular weight is 418 g/mol. The van der Waals surface area contributed by atoms with Crippen LogP contribution in [0, 0.1) is 13.8 Å². The second-order valence-electron chi connectivity index (χ2n) is 7.10. The molecule has 0 aliphatic rings. The third kappa shape index (κ3) is 7.51. The molecule has 6 nitrogen and oxygen atoms in total. The molecule has 6 heteroatoms. The Morgan fingerprint density at radius 3 is 2.35 bits per heavy atom. The van der Waals surface area contributed by atoms with E-state index >= 15 is 0 Å². The van der Waals surface area contributed by atoms with Gasteiger partial charge in [-0.3, -0.25) is 0 Å². The van der Waals surface area contributed by atoms with Gasteiger partial charge in [0, 0.05) is 17.7 Å². The molecule has 0 aromatic heterocycles. The number of hydrazone groups is 1. The van der Waals surface area contributed by atoms with Crippen LogP contribution in [0.15, 0.2) is 77.9 Å². The van der Waals surface area contributed by atoms with Crippen molar-refractivity contribution in [2.24, 2.45) is 5.10 Å². The molecule has 2 N–H and O–H groups in total. The summed E-state index contributed by atoms with van der Waals surface area (Å²) in [6.07, 6.45) is 2.31. The van der Waals surface area contributed by atoms with Crippen LogP contribution in [0.2, 0.25) is 0 Å². The normalized spacial score (nSPS) is 10.6. The Labute approximate surface area is 182 Å². The predicted octanol–water partition coefficient (Wildman–Crippen LogP) is 5.31. The highest BCUT2D eigenvalue weighted by Gasteiger charge is 2.03. The van der Waals surface area contributed by atoms with Crippen LogP contribution >= 0.6 is 0 Å². The highest BCUT2D eigenvalue weighted by molar-refractivity contribution is 5.90. The minimum Gasteiger partial charge on any atom is -0.493 e. The average Bonchev–Trinajstić information content (AvgIpc) is 2.74. The number of ether oxygens (including phenoxy) is 2. The summed E-state index contributed by atoms with van der Waals surface area (Å²) in [7, 11) is 0. The van der Waals surface area contributed by atoms with Gasteiger partial charge in [0.1, 0.15) is 11.5 Å². The number of anilines is 1. The Morgan fingerprint density at radius 2 is 1.58 bits per heavy atom. The quantitative estimate of drug-likeness (QED) is 0.282. The van der Waals surface area contributed by atoms with Crippen molar-refractivity contribution in [3.8, 4) is 11.5 Å². The van der Waals surface area contributed by atoms with E-state index in [1.165, 1.54) is 11.1 Å². The summed E-state index contributed by atoms with van der Waals surface area (Å²) >= 11 is 0. The fraction of sp³-hybridized carbons (Fsp3) is 0.200. The molecular formula is C25H27N3O3. The van der Waals surface area contributed by atoms with Crippen LogP contribution in [0.1, 0.15) is 23.1 Å². The summed E-state index contributed by atoms with van der Waals surface area (Å²) in [5, 5.41) is 6.71. The van der Waals surface area contributed by atoms with Crippen molar-refractivity contribution in [2.45, 2.75) is 20.3 Å². The maximum atomic E-state index is 11.9. The summed E-state index contributed by atoms with van der Waals surface area (Å²) in [5.41, 5.74) is 6.30. The van der Waals surface area contributed by atoms with E-state index in [4.69, 9.17) is 9.47 Å². The van der Waals surface area contributed by atoms with Gasteiger partial charge in [-0.05, 0) is 61.4 Å². The lowest BCUT2D eigenvalue weighted by atomic mass is 10.1. The SMILES string of the molecule is Cc1cc(C)cc(OCCCOc2ccccc2/C=N\NC(=O)Nc2ccccc2)c1. The third-order valence-electron chi connectivity index (χ3n) is 4.33. The van der Waals surface area contributed by atoms with E-state index in [0.717, 1.165) is 17.7 Å². The van der Waals surface area contributed by atoms with E-state index in [0.29, 0.717) is 24.7 Å². The lowest BCUT2D eigenvalue weighted by molar-refractivity contribution is 0.247. The van der Waals surface area contributed by atoms with Gasteiger partial charge in [-0.15, -0.1) is 0 Å². The minimum absolute atomic E-state index is 0.413. The number of hydrogen-bond donors (Lipinski definition) is 2. The topological polar surface area (TPSA) is 72.0 Å². The zero-order valence-electron chi connectivity index (χ0n) is 17.8. The van der Waals surface area contributed by atoms with Crippen LogP contribution in [0.25, 0.3) is 0 Å². The lowest BCUT2D eigenvalue weighted by Crippen LogP contribution is -2.24. The van der Waals surface area contributed by atoms with Crippen LogP contribution in [-0.2, 0) is 0 Å². The highest BCUT2D eigenvalue weighted by Crippen LogP contribution is 2.18. The molecule has 0 bridgehead atoms. The molecule has 0 atom stereocenters. The van der Waals surface area contributed by atoms with Crippen molar-refractivity contribution < 1.29 is 14.3 Å². The molecule has 3 rings (SSSR count). The summed E-state index contributed by atoms with van der Waals surface area (Å²) in [5.74, 6) is 1.58. The van der Waals surface area contributed by atoms with Crippen molar-refractivity contribution in [3.63, 3.8) is 0 Å². The number of rotatable bonds is 9. The molecule has 2 amide bonds. The van der Waals surface area contributed by atoms with Gasteiger partial charge in [0.15, 0.2) is 0 Å². The molecule has 0 saturated carbocycles. The van der Waals surface area contributed by atoms with Gasteiger partial charge in [0.25, 0.3) is 0 Å². The maximum Gasteiger partial charge on any atom is 0.339 e. The zero-order valence-corrected chi connectivity index (χ0v) is 17.8. The molecule has 0 spiro atoms. The smallest absolute Gasteiger partial charge is 0.339 e. The van der Waals surface area contributed by atoms with Crippen molar-refractivity contribution in [1.29, 1.82) is 0 Å². The first-order valence-electron chi connectivity index (χ1n) is 10.2. The van der Waals surface area contributed by atoms with Crippen LogP contribution in [0.4, 0.5) is 10.5 Å². The fourth-order valence-corrected chi connectivity index (χ4v) is 3.01. The zero-order chi connectivity index (χ0) is 21.9. The number of amides is 2. The number of carbonyl (C=O) groups excluding carboxylic acids is 1. The monoisotopic (exact) mass is 417 g/mol. The largest absolute Gasteiger partial charge is 0.493 e. The maximum absolute atomic E-state index is 11.9. The second-order valence-corrected chi connectivity index (χ2v) is 7.10. The lowest BCUT2D eigenvalue weighted by Gasteiger charge is -2.11. The number of nitrogens with zero attached hydrogens (tertiary/aromatic N) is 1. The summed E-state index contributed by atoms with van der Waals surface area (Å²) in [6, 6.07) is 22.5. The van der Waals surface area contributed by atoms with E-state index < -0.39 is 6.03 Å². The number of nitrogens with one attached hydrogen (secondary N) is 2. The molecule has 3 aromatic carbocycles. The molecule has 160 valence electrons. The van der Waals surface area contributed by atoms with E-state index in [9.17, 15) is 4.79 Å². The van der Waals surface area contributed by atoms with E-state index in [1.807, 2.05) is 54.6 Å². The summed E-state index contributed by atoms with van der Waals surface area (Å²) in [6.45, 7) is 5.20. The first kappa shape index (κ1) is 21.9. The van der Waals surface area contributed by atoms with Crippen molar-refractivity contribution >= 4 is 17.9 Å². The number of carbonyl (C=O) groups is 1. The fourth-order valence-electron chi connectivity index (χ4n) is 3.01. The Kier molecular flexibility index (Phi) is 8.05. The number of aryl methyl sites for hydroxylation is 2. The molecule has 0 saturated heterocycles. The van der Waals surface area contributed by atoms with Gasteiger partial charge in [0.05, 0.1) is 19.4 Å². The molecule has 0 fully saturated rings. The molecule has 0 radical (unpaired) electrons. The molecule has 0 aliphatic carbocycles. The van der Waals surface area contributed by atoms with Gasteiger partial charge in [-0.25, -0.2) is 10.2 Å². The van der Waals surface area contributed by atoms with Gasteiger partial charge in [-0.1, -0.05) is 36.4 Å². The van der Waals surface area contributed by atoms with Gasteiger partial charge < -0.3 is 14.8 Å². The first-order chi connectivity index (χ1) is 15.1. The standard InChI is InChI=1S/C25H27N3O3/c1-19-15-20(2)17-23(16-19)30-13-8-14-31-24-12-7-6-9-21(24)18-26-28-25(29)27-22-10-4-3-5-11-22/h3-7,9-12,15-18H,8,13-14H2,1-2H3,(H2,27,28,29)/b26-18-. The molecule has 31 heavy (non-hydrogen) atoms. The van der Waals surface area contributed by atoms with Crippen LogP contribution in [0.3, 0.4) is 0 Å². The summed E-state index contributed by atoms with van der Waals surface area (Å²) < 4.78 is 11.7. The van der Waals surface area contributed by atoms with Crippen molar-refractivity contribution in [2.75, 3.05) is 18.5 Å². The predicted molar refractivity (Wildman–Crippen MR) is 124 cm³/mol. The Morgan fingerprint density at radius 1 is 0.903 bits per heavy atom. The third-order valence-corrected chi connectivity index (χ3v) is 4.33. The first-order valence-corrected chi connectivity index (χ1v) is 10.2. The highest BCUT2D eigenvalue weighted by atomic mass is 16.5. The van der Waals surface area contributed by atoms with Gasteiger partial charge >= 0.3 is 6.03 Å². The van der Waals surface area contributed by atoms with Gasteiger partial charge in [-0.2, -0.15) is 5.10 Å². The Balaban J connectivity index is 1.44. The Bertz CT molecular complexity index is 999. The molecular weight excluding hydrogens is 390 g/mol. The number of benzene rings is 3. The van der Waals surface area contributed by atoms with Crippen LogP contribution < -0.4 is 20.2 Å². The Hall–Kier alpha value is -3.80. The van der Waals surface area contributed by atoms with E-state index in [2.05, 4.69) is 35.8 Å². The second kappa shape index (κ2) is 11.4. The molecule has 0 unspecified atom stereocenters.